The summed E-state index contributed by atoms with van der Waals surface area (Å²) < 4.78 is 1.04. The van der Waals surface area contributed by atoms with Gasteiger partial charge in [-0.2, -0.15) is 0 Å². The van der Waals surface area contributed by atoms with Crippen LogP contribution in [0, 0.1) is 0 Å². The summed E-state index contributed by atoms with van der Waals surface area (Å²) in [6, 6.07) is 14.2. The fourth-order valence-electron chi connectivity index (χ4n) is 2.25. The second kappa shape index (κ2) is 8.19. The molecule has 0 aliphatic rings. The minimum Gasteiger partial charge on any atom is -0.310 e. The Morgan fingerprint density at radius 1 is 1.10 bits per heavy atom. The SMILES string of the molecule is CCCNC(Cc1ccc(Cl)cc1)c1cc(Br)ccc1Cl. The maximum Gasteiger partial charge on any atom is 0.0454 e. The average molecular weight is 387 g/mol. The molecular weight excluding hydrogens is 369 g/mol. The first-order valence-corrected chi connectivity index (χ1v) is 8.58. The number of hydrogen-bond donors (Lipinski definition) is 1. The van der Waals surface area contributed by atoms with Crippen molar-refractivity contribution >= 4 is 39.1 Å². The first-order valence-electron chi connectivity index (χ1n) is 7.03. The third kappa shape index (κ3) is 5.00. The summed E-state index contributed by atoms with van der Waals surface area (Å²) in [7, 11) is 0. The summed E-state index contributed by atoms with van der Waals surface area (Å²) >= 11 is 15.9. The Hall–Kier alpha value is -0.540. The van der Waals surface area contributed by atoms with Crippen LogP contribution in [0.4, 0.5) is 0 Å². The molecule has 0 radical (unpaired) electrons. The lowest BCUT2D eigenvalue weighted by molar-refractivity contribution is 0.529. The van der Waals surface area contributed by atoms with Gasteiger partial charge in [0.25, 0.3) is 0 Å². The molecule has 0 amide bonds. The van der Waals surface area contributed by atoms with Crippen molar-refractivity contribution in [3.05, 3.63) is 68.1 Å². The largest absolute Gasteiger partial charge is 0.310 e. The maximum atomic E-state index is 6.38. The molecule has 112 valence electrons. The van der Waals surface area contributed by atoms with Crippen LogP contribution in [-0.4, -0.2) is 6.54 Å². The van der Waals surface area contributed by atoms with Crippen molar-refractivity contribution in [3.8, 4) is 0 Å². The molecule has 0 aromatic heterocycles. The van der Waals surface area contributed by atoms with E-state index in [0.29, 0.717) is 0 Å². The summed E-state index contributed by atoms with van der Waals surface area (Å²) in [5, 5.41) is 5.13. The van der Waals surface area contributed by atoms with Gasteiger partial charge in [-0.3, -0.25) is 0 Å². The van der Waals surface area contributed by atoms with Gasteiger partial charge in [0.15, 0.2) is 0 Å². The van der Waals surface area contributed by atoms with Crippen LogP contribution in [0.25, 0.3) is 0 Å². The number of rotatable bonds is 6. The lowest BCUT2D eigenvalue weighted by atomic mass is 9.98. The van der Waals surface area contributed by atoms with E-state index in [-0.39, 0.29) is 6.04 Å². The molecule has 1 atom stereocenters. The Balaban J connectivity index is 2.25. The highest BCUT2D eigenvalue weighted by atomic mass is 79.9. The summed E-state index contributed by atoms with van der Waals surface area (Å²) in [6.07, 6.45) is 1.97. The van der Waals surface area contributed by atoms with Gasteiger partial charge < -0.3 is 5.32 Å². The minimum atomic E-state index is 0.191. The zero-order valence-corrected chi connectivity index (χ0v) is 15.0. The Morgan fingerprint density at radius 2 is 1.81 bits per heavy atom. The Morgan fingerprint density at radius 3 is 2.48 bits per heavy atom. The van der Waals surface area contributed by atoms with Crippen LogP contribution >= 0.6 is 39.1 Å². The van der Waals surface area contributed by atoms with E-state index in [9.17, 15) is 0 Å². The van der Waals surface area contributed by atoms with Crippen molar-refractivity contribution in [3.63, 3.8) is 0 Å². The molecule has 0 spiro atoms. The summed E-state index contributed by atoms with van der Waals surface area (Å²) in [4.78, 5) is 0. The van der Waals surface area contributed by atoms with E-state index < -0.39 is 0 Å². The van der Waals surface area contributed by atoms with E-state index in [0.717, 1.165) is 39.5 Å². The van der Waals surface area contributed by atoms with Gasteiger partial charge in [-0.25, -0.2) is 0 Å². The molecule has 1 nitrogen and oxygen atoms in total. The van der Waals surface area contributed by atoms with E-state index in [1.807, 2.05) is 24.3 Å². The molecule has 2 aromatic rings. The highest BCUT2D eigenvalue weighted by molar-refractivity contribution is 9.10. The maximum absolute atomic E-state index is 6.38. The fourth-order valence-corrected chi connectivity index (χ4v) is 3.00. The second-order valence-electron chi connectivity index (χ2n) is 5.00. The quantitative estimate of drug-likeness (QED) is 0.638. The van der Waals surface area contributed by atoms with Crippen molar-refractivity contribution in [2.75, 3.05) is 6.54 Å². The smallest absolute Gasteiger partial charge is 0.0454 e. The molecule has 21 heavy (non-hydrogen) atoms. The van der Waals surface area contributed by atoms with Crippen LogP contribution in [0.2, 0.25) is 10.0 Å². The molecule has 2 aromatic carbocycles. The standard InChI is InChI=1S/C17H18BrCl2N/c1-2-9-21-17(10-12-3-6-14(19)7-4-12)15-11-13(18)5-8-16(15)20/h3-8,11,17,21H,2,9-10H2,1H3. The lowest BCUT2D eigenvalue weighted by Crippen LogP contribution is -2.24. The van der Waals surface area contributed by atoms with Crippen LogP contribution in [0.5, 0.6) is 0 Å². The number of halogens is 3. The van der Waals surface area contributed by atoms with Crippen LogP contribution in [0.15, 0.2) is 46.9 Å². The topological polar surface area (TPSA) is 12.0 Å². The minimum absolute atomic E-state index is 0.191. The van der Waals surface area contributed by atoms with Gasteiger partial charge >= 0.3 is 0 Å². The first-order chi connectivity index (χ1) is 10.1. The molecule has 0 fully saturated rings. The molecule has 1 unspecified atom stereocenters. The van der Waals surface area contributed by atoms with Crippen LogP contribution < -0.4 is 5.32 Å². The normalized spacial score (nSPS) is 12.4. The predicted molar refractivity (Wildman–Crippen MR) is 95.3 cm³/mol. The summed E-state index contributed by atoms with van der Waals surface area (Å²) in [5.74, 6) is 0. The molecule has 0 aliphatic heterocycles. The van der Waals surface area contributed by atoms with Gasteiger partial charge in [-0.1, -0.05) is 58.2 Å². The lowest BCUT2D eigenvalue weighted by Gasteiger charge is -2.21. The van der Waals surface area contributed by atoms with Gasteiger partial charge in [0.05, 0.1) is 0 Å². The third-order valence-electron chi connectivity index (χ3n) is 3.33. The monoisotopic (exact) mass is 385 g/mol. The molecule has 0 saturated heterocycles. The third-order valence-corrected chi connectivity index (χ3v) is 4.42. The summed E-state index contributed by atoms with van der Waals surface area (Å²) in [6.45, 7) is 3.12. The summed E-state index contributed by atoms with van der Waals surface area (Å²) in [5.41, 5.74) is 2.36. The van der Waals surface area contributed by atoms with Crippen LogP contribution in [0.1, 0.15) is 30.5 Å². The van der Waals surface area contributed by atoms with Gasteiger partial charge in [0.2, 0.25) is 0 Å². The average Bonchev–Trinajstić information content (AvgIpc) is 2.48. The molecule has 4 heteroatoms. The van der Waals surface area contributed by atoms with Gasteiger partial charge in [-0.15, -0.1) is 0 Å². The van der Waals surface area contributed by atoms with Crippen molar-refractivity contribution in [1.29, 1.82) is 0 Å². The van der Waals surface area contributed by atoms with Gasteiger partial charge in [0, 0.05) is 20.6 Å². The second-order valence-corrected chi connectivity index (χ2v) is 6.76. The molecule has 0 bridgehead atoms. The van der Waals surface area contributed by atoms with Gasteiger partial charge in [0.1, 0.15) is 0 Å². The number of nitrogens with one attached hydrogen (secondary N) is 1. The van der Waals surface area contributed by atoms with Crippen molar-refractivity contribution in [2.45, 2.75) is 25.8 Å². The molecular formula is C17H18BrCl2N. The Labute approximate surface area is 144 Å². The van der Waals surface area contributed by atoms with Crippen LogP contribution in [0.3, 0.4) is 0 Å². The highest BCUT2D eigenvalue weighted by Gasteiger charge is 2.15. The Kier molecular flexibility index (Phi) is 6.56. The zero-order chi connectivity index (χ0) is 15.2. The number of hydrogen-bond acceptors (Lipinski definition) is 1. The molecule has 1 N–H and O–H groups in total. The van der Waals surface area contributed by atoms with Crippen molar-refractivity contribution in [2.24, 2.45) is 0 Å². The predicted octanol–water partition coefficient (Wildman–Crippen LogP) is 6.04. The molecule has 2 rings (SSSR count). The highest BCUT2D eigenvalue weighted by Crippen LogP contribution is 2.29. The number of benzene rings is 2. The fraction of sp³-hybridized carbons (Fsp3) is 0.294. The van der Waals surface area contributed by atoms with Crippen LogP contribution in [-0.2, 0) is 6.42 Å². The van der Waals surface area contributed by atoms with E-state index in [1.165, 1.54) is 5.56 Å². The van der Waals surface area contributed by atoms with Gasteiger partial charge in [-0.05, 0) is 60.8 Å². The van der Waals surface area contributed by atoms with Crippen molar-refractivity contribution < 1.29 is 0 Å². The molecule has 0 saturated carbocycles. The van der Waals surface area contributed by atoms with Crippen molar-refractivity contribution in [1.82, 2.24) is 5.32 Å². The Bertz CT molecular complexity index is 584. The first kappa shape index (κ1) is 16.8. The zero-order valence-electron chi connectivity index (χ0n) is 11.9. The van der Waals surface area contributed by atoms with E-state index in [4.69, 9.17) is 23.2 Å². The van der Waals surface area contributed by atoms with E-state index in [1.54, 1.807) is 0 Å². The molecule has 0 heterocycles. The van der Waals surface area contributed by atoms with E-state index in [2.05, 4.69) is 46.4 Å². The molecule has 0 aliphatic carbocycles. The van der Waals surface area contributed by atoms with E-state index >= 15 is 0 Å².